The standard InChI is InChI=1S/C23H32F2N2O4/c24-23(25)31-20-12-5-4-11-19(20)22(29)27-14-6-8-17(16-27)21(28)26-13-7-15-30-18-9-2-1-3-10-18/h4-5,11-12,17-18,23H,1-3,6-10,13-16H2,(H,26,28). The van der Waals surface area contributed by atoms with E-state index in [9.17, 15) is 18.4 Å². The largest absolute Gasteiger partial charge is 0.434 e. The first kappa shape index (κ1) is 23.4. The summed E-state index contributed by atoms with van der Waals surface area (Å²) in [6, 6.07) is 5.97. The first-order valence-electron chi connectivity index (χ1n) is 11.3. The van der Waals surface area contributed by atoms with Gasteiger partial charge in [0, 0.05) is 26.2 Å². The molecule has 1 aliphatic heterocycles. The lowest BCUT2D eigenvalue weighted by molar-refractivity contribution is -0.126. The van der Waals surface area contributed by atoms with Gasteiger partial charge in [-0.1, -0.05) is 31.4 Å². The van der Waals surface area contributed by atoms with E-state index in [1.807, 2.05) is 0 Å². The van der Waals surface area contributed by atoms with E-state index in [4.69, 9.17) is 4.74 Å². The number of alkyl halides is 2. The third-order valence-corrected chi connectivity index (χ3v) is 5.94. The Morgan fingerprint density at radius 3 is 2.65 bits per heavy atom. The summed E-state index contributed by atoms with van der Waals surface area (Å²) in [5.41, 5.74) is 0.0868. The molecule has 1 aromatic carbocycles. The number of carbonyl (C=O) groups is 2. The van der Waals surface area contributed by atoms with Crippen LogP contribution in [0.4, 0.5) is 8.78 Å². The zero-order valence-corrected chi connectivity index (χ0v) is 17.9. The zero-order chi connectivity index (χ0) is 22.1. The molecule has 1 saturated carbocycles. The van der Waals surface area contributed by atoms with Gasteiger partial charge in [-0.25, -0.2) is 0 Å². The molecule has 1 saturated heterocycles. The Labute approximate surface area is 182 Å². The number of para-hydroxylation sites is 1. The number of ether oxygens (including phenoxy) is 2. The van der Waals surface area contributed by atoms with Crippen LogP contribution < -0.4 is 10.1 Å². The van der Waals surface area contributed by atoms with Gasteiger partial charge in [0.2, 0.25) is 5.91 Å². The van der Waals surface area contributed by atoms with Crippen molar-refractivity contribution in [1.82, 2.24) is 10.2 Å². The molecular weight excluding hydrogens is 406 g/mol. The van der Waals surface area contributed by atoms with Gasteiger partial charge >= 0.3 is 6.61 Å². The molecule has 2 aliphatic rings. The van der Waals surface area contributed by atoms with Crippen LogP contribution in [0.15, 0.2) is 24.3 Å². The second-order valence-electron chi connectivity index (χ2n) is 8.24. The topological polar surface area (TPSA) is 67.9 Å². The lowest BCUT2D eigenvalue weighted by Crippen LogP contribution is -2.45. The van der Waals surface area contributed by atoms with E-state index in [-0.39, 0.29) is 29.7 Å². The average Bonchev–Trinajstić information content (AvgIpc) is 2.79. The van der Waals surface area contributed by atoms with Crippen molar-refractivity contribution in [3.63, 3.8) is 0 Å². The highest BCUT2D eigenvalue weighted by Crippen LogP contribution is 2.25. The number of halogens is 2. The number of benzene rings is 1. The summed E-state index contributed by atoms with van der Waals surface area (Å²) in [4.78, 5) is 27.0. The Kier molecular flexibility index (Phi) is 9.06. The molecule has 1 aliphatic carbocycles. The van der Waals surface area contributed by atoms with Crippen LogP contribution in [0.3, 0.4) is 0 Å². The van der Waals surface area contributed by atoms with E-state index in [0.29, 0.717) is 38.6 Å². The van der Waals surface area contributed by atoms with E-state index in [1.165, 1.54) is 31.4 Å². The molecule has 1 unspecified atom stereocenters. The van der Waals surface area contributed by atoms with Crippen molar-refractivity contribution in [3.05, 3.63) is 29.8 Å². The molecule has 0 aromatic heterocycles. The highest BCUT2D eigenvalue weighted by atomic mass is 19.3. The Hall–Kier alpha value is -2.22. The molecule has 1 N–H and O–H groups in total. The van der Waals surface area contributed by atoms with Crippen LogP contribution in [0, 0.1) is 5.92 Å². The normalized spacial score (nSPS) is 20.0. The molecule has 1 heterocycles. The minimum absolute atomic E-state index is 0.0766. The molecule has 0 spiro atoms. The number of amides is 2. The smallest absolute Gasteiger partial charge is 0.387 e. The quantitative estimate of drug-likeness (QED) is 0.592. The number of carbonyl (C=O) groups excluding carboxylic acids is 2. The lowest BCUT2D eigenvalue weighted by Gasteiger charge is -2.32. The van der Waals surface area contributed by atoms with Crippen LogP contribution in [0.1, 0.15) is 61.7 Å². The summed E-state index contributed by atoms with van der Waals surface area (Å²) in [6.07, 6.45) is 8.52. The number of likely N-dealkylation sites (tertiary alicyclic amines) is 1. The predicted molar refractivity (Wildman–Crippen MR) is 112 cm³/mol. The fourth-order valence-electron chi connectivity index (χ4n) is 4.30. The highest BCUT2D eigenvalue weighted by Gasteiger charge is 2.30. The van der Waals surface area contributed by atoms with Crippen molar-refractivity contribution in [1.29, 1.82) is 0 Å². The summed E-state index contributed by atoms with van der Waals surface area (Å²) < 4.78 is 35.6. The average molecular weight is 439 g/mol. The van der Waals surface area contributed by atoms with Gasteiger partial charge in [0.15, 0.2) is 0 Å². The molecule has 8 heteroatoms. The molecule has 31 heavy (non-hydrogen) atoms. The first-order valence-corrected chi connectivity index (χ1v) is 11.3. The minimum Gasteiger partial charge on any atom is -0.434 e. The van der Waals surface area contributed by atoms with Gasteiger partial charge < -0.3 is 19.7 Å². The second kappa shape index (κ2) is 12.0. The molecule has 6 nitrogen and oxygen atoms in total. The van der Waals surface area contributed by atoms with Crippen molar-refractivity contribution in [3.8, 4) is 5.75 Å². The van der Waals surface area contributed by atoms with Crippen LogP contribution in [0.5, 0.6) is 5.75 Å². The van der Waals surface area contributed by atoms with Crippen LogP contribution in [0.2, 0.25) is 0 Å². The van der Waals surface area contributed by atoms with Crippen LogP contribution in [-0.4, -0.2) is 55.7 Å². The third kappa shape index (κ3) is 7.16. The number of rotatable bonds is 9. The molecule has 172 valence electrons. The summed E-state index contributed by atoms with van der Waals surface area (Å²) in [5, 5.41) is 2.95. The maximum atomic E-state index is 12.9. The molecule has 0 radical (unpaired) electrons. The Morgan fingerprint density at radius 2 is 1.87 bits per heavy atom. The van der Waals surface area contributed by atoms with Gasteiger partial charge in [0.25, 0.3) is 5.91 Å². The van der Waals surface area contributed by atoms with Crippen LogP contribution in [-0.2, 0) is 9.53 Å². The summed E-state index contributed by atoms with van der Waals surface area (Å²) >= 11 is 0. The van der Waals surface area contributed by atoms with Crippen LogP contribution in [0.25, 0.3) is 0 Å². The lowest BCUT2D eigenvalue weighted by atomic mass is 9.96. The second-order valence-corrected chi connectivity index (χ2v) is 8.24. The van der Waals surface area contributed by atoms with E-state index in [0.717, 1.165) is 19.3 Å². The molecule has 1 aromatic rings. The van der Waals surface area contributed by atoms with Crippen molar-refractivity contribution in [2.24, 2.45) is 5.92 Å². The Bertz CT molecular complexity index is 725. The van der Waals surface area contributed by atoms with E-state index < -0.39 is 12.5 Å². The SMILES string of the molecule is O=C(NCCCOC1CCCCC1)C1CCCN(C(=O)c2ccccc2OC(F)F)C1. The molecule has 2 fully saturated rings. The van der Waals surface area contributed by atoms with Gasteiger partial charge in [0.1, 0.15) is 5.75 Å². The fourth-order valence-corrected chi connectivity index (χ4v) is 4.30. The van der Waals surface area contributed by atoms with E-state index >= 15 is 0 Å². The summed E-state index contributed by atoms with van der Waals surface area (Å²) in [7, 11) is 0. The summed E-state index contributed by atoms with van der Waals surface area (Å²) in [5.74, 6) is -0.922. The van der Waals surface area contributed by atoms with Gasteiger partial charge in [0.05, 0.1) is 17.6 Å². The number of hydrogen-bond donors (Lipinski definition) is 1. The molecule has 2 amide bonds. The maximum Gasteiger partial charge on any atom is 0.387 e. The maximum absolute atomic E-state index is 12.9. The van der Waals surface area contributed by atoms with Crippen molar-refractivity contribution in [2.75, 3.05) is 26.2 Å². The Balaban J connectivity index is 1.44. The number of nitrogens with zero attached hydrogens (tertiary/aromatic N) is 1. The van der Waals surface area contributed by atoms with Gasteiger partial charge in [-0.3, -0.25) is 9.59 Å². The predicted octanol–water partition coefficient (Wildman–Crippen LogP) is 4.00. The minimum atomic E-state index is -3.00. The van der Waals surface area contributed by atoms with Gasteiger partial charge in [-0.2, -0.15) is 8.78 Å². The molecule has 3 rings (SSSR count). The van der Waals surface area contributed by atoms with Crippen molar-refractivity contribution in [2.45, 2.75) is 64.1 Å². The molecule has 0 bridgehead atoms. The monoisotopic (exact) mass is 438 g/mol. The zero-order valence-electron chi connectivity index (χ0n) is 17.9. The van der Waals surface area contributed by atoms with Crippen LogP contribution >= 0.6 is 0 Å². The molecule has 1 atom stereocenters. The number of hydrogen-bond acceptors (Lipinski definition) is 4. The molecular formula is C23H32F2N2O4. The van der Waals surface area contributed by atoms with Gasteiger partial charge in [-0.05, 0) is 44.2 Å². The third-order valence-electron chi connectivity index (χ3n) is 5.94. The Morgan fingerprint density at radius 1 is 1.10 bits per heavy atom. The van der Waals surface area contributed by atoms with Crippen molar-refractivity contribution >= 4 is 11.8 Å². The van der Waals surface area contributed by atoms with Crippen molar-refractivity contribution < 1.29 is 27.8 Å². The highest BCUT2D eigenvalue weighted by molar-refractivity contribution is 5.97. The number of nitrogens with one attached hydrogen (secondary N) is 1. The van der Waals surface area contributed by atoms with E-state index in [1.54, 1.807) is 17.0 Å². The van der Waals surface area contributed by atoms with Gasteiger partial charge in [-0.15, -0.1) is 0 Å². The fraction of sp³-hybridized carbons (Fsp3) is 0.652. The first-order chi connectivity index (χ1) is 15.0. The summed E-state index contributed by atoms with van der Waals surface area (Å²) in [6.45, 7) is -1.06. The number of piperidine rings is 1. The van der Waals surface area contributed by atoms with E-state index in [2.05, 4.69) is 10.1 Å².